The molecule has 0 amide bonds. The lowest BCUT2D eigenvalue weighted by molar-refractivity contribution is -0.203. The lowest BCUT2D eigenvalue weighted by Crippen LogP contribution is -2.59. The van der Waals surface area contributed by atoms with Crippen molar-refractivity contribution in [2.75, 3.05) is 6.54 Å². The second kappa shape index (κ2) is 2.37. The average Bonchev–Trinajstić information content (AvgIpc) is 1.78. The predicted octanol–water partition coefficient (Wildman–Crippen LogP) is 2.11. The van der Waals surface area contributed by atoms with Gasteiger partial charge in [-0.1, -0.05) is 0 Å². The lowest BCUT2D eigenvalue weighted by atomic mass is 9.58. The minimum Gasteiger partial charge on any atom is -0.330 e. The van der Waals surface area contributed by atoms with Crippen LogP contribution in [0.5, 0.6) is 0 Å². The van der Waals surface area contributed by atoms with E-state index in [1.807, 2.05) is 0 Å². The molecule has 0 atom stereocenters. The minimum absolute atomic E-state index is 0.00785. The summed E-state index contributed by atoms with van der Waals surface area (Å²) in [5.74, 6) is -2.71. The molecule has 4 heteroatoms. The second-order valence-electron chi connectivity index (χ2n) is 4.17. The van der Waals surface area contributed by atoms with Crippen molar-refractivity contribution in [1.29, 1.82) is 0 Å². The summed E-state index contributed by atoms with van der Waals surface area (Å²) >= 11 is 0. The minimum atomic E-state index is -2.71. The molecule has 12 heavy (non-hydrogen) atoms. The Kier molecular flexibility index (Phi) is 1.95. The second-order valence-corrected chi connectivity index (χ2v) is 4.17. The number of alkyl halides is 3. The van der Waals surface area contributed by atoms with Gasteiger partial charge in [0.15, 0.2) is 0 Å². The van der Waals surface area contributed by atoms with E-state index in [0.717, 1.165) is 0 Å². The zero-order valence-electron chi connectivity index (χ0n) is 7.33. The molecule has 1 rings (SSSR count). The van der Waals surface area contributed by atoms with Gasteiger partial charge >= 0.3 is 0 Å². The SMILES string of the molecule is CC(C)(F)C1(CN)CC(F)(F)C1. The highest BCUT2D eigenvalue weighted by molar-refractivity contribution is 5.07. The van der Waals surface area contributed by atoms with Gasteiger partial charge in [-0.2, -0.15) is 0 Å². The molecule has 72 valence electrons. The Morgan fingerprint density at radius 3 is 1.83 bits per heavy atom. The topological polar surface area (TPSA) is 26.0 Å². The van der Waals surface area contributed by atoms with E-state index < -0.39 is 29.8 Å². The van der Waals surface area contributed by atoms with Crippen molar-refractivity contribution in [1.82, 2.24) is 0 Å². The average molecular weight is 181 g/mol. The third kappa shape index (κ3) is 1.32. The van der Waals surface area contributed by atoms with Crippen LogP contribution < -0.4 is 5.73 Å². The van der Waals surface area contributed by atoms with Gasteiger partial charge in [-0.25, -0.2) is 13.2 Å². The third-order valence-corrected chi connectivity index (χ3v) is 2.85. The monoisotopic (exact) mass is 181 g/mol. The highest BCUT2D eigenvalue weighted by atomic mass is 19.3. The highest BCUT2D eigenvalue weighted by Crippen LogP contribution is 2.57. The van der Waals surface area contributed by atoms with E-state index in [1.165, 1.54) is 13.8 Å². The molecular formula is C8H14F3N. The first kappa shape index (κ1) is 9.84. The Balaban J connectivity index is 2.72. The van der Waals surface area contributed by atoms with Crippen molar-refractivity contribution < 1.29 is 13.2 Å². The van der Waals surface area contributed by atoms with Crippen molar-refractivity contribution in [2.24, 2.45) is 11.1 Å². The Hall–Kier alpha value is -0.250. The number of rotatable bonds is 2. The first-order valence-electron chi connectivity index (χ1n) is 3.99. The van der Waals surface area contributed by atoms with E-state index in [2.05, 4.69) is 0 Å². The molecule has 0 saturated heterocycles. The molecule has 1 aliphatic carbocycles. The van der Waals surface area contributed by atoms with Gasteiger partial charge in [0.2, 0.25) is 5.92 Å². The molecule has 0 aliphatic heterocycles. The number of halogens is 3. The smallest absolute Gasteiger partial charge is 0.249 e. The molecule has 0 aromatic rings. The van der Waals surface area contributed by atoms with Gasteiger partial charge in [0.1, 0.15) is 5.67 Å². The quantitative estimate of drug-likeness (QED) is 0.693. The summed E-state index contributed by atoms with van der Waals surface area (Å²) in [5.41, 5.74) is 2.69. The molecule has 1 nitrogen and oxygen atoms in total. The van der Waals surface area contributed by atoms with Crippen molar-refractivity contribution >= 4 is 0 Å². The molecule has 1 fully saturated rings. The van der Waals surface area contributed by atoms with Gasteiger partial charge in [0.25, 0.3) is 0 Å². The fourth-order valence-corrected chi connectivity index (χ4v) is 1.75. The zero-order chi connectivity index (χ0) is 9.62. The van der Waals surface area contributed by atoms with Gasteiger partial charge in [-0.3, -0.25) is 0 Å². The fraction of sp³-hybridized carbons (Fsp3) is 1.00. The van der Waals surface area contributed by atoms with Crippen molar-refractivity contribution in [3.8, 4) is 0 Å². The molecular weight excluding hydrogens is 167 g/mol. The molecule has 0 bridgehead atoms. The van der Waals surface area contributed by atoms with Crippen molar-refractivity contribution in [2.45, 2.75) is 38.3 Å². The molecule has 0 aromatic heterocycles. The molecule has 0 aromatic carbocycles. The summed E-state index contributed by atoms with van der Waals surface area (Å²) in [6.07, 6.45) is -0.833. The van der Waals surface area contributed by atoms with Crippen LogP contribution in [0.2, 0.25) is 0 Å². The molecule has 0 radical (unpaired) electrons. The fourth-order valence-electron chi connectivity index (χ4n) is 1.75. The number of hydrogen-bond donors (Lipinski definition) is 1. The first-order valence-corrected chi connectivity index (χ1v) is 3.99. The molecule has 0 unspecified atom stereocenters. The van der Waals surface area contributed by atoms with Crippen LogP contribution in [0.3, 0.4) is 0 Å². The Labute approximate surface area is 70.1 Å². The zero-order valence-corrected chi connectivity index (χ0v) is 7.33. The van der Waals surface area contributed by atoms with Gasteiger partial charge < -0.3 is 5.73 Å². The standard InChI is InChI=1S/C8H14F3N/c1-6(2,9)7(5-12)3-8(10,11)4-7/h3-5,12H2,1-2H3. The first-order chi connectivity index (χ1) is 5.22. The Morgan fingerprint density at radius 1 is 1.33 bits per heavy atom. The van der Waals surface area contributed by atoms with Crippen LogP contribution in [0.15, 0.2) is 0 Å². The van der Waals surface area contributed by atoms with Gasteiger partial charge in [0, 0.05) is 24.8 Å². The summed E-state index contributed by atoms with van der Waals surface area (Å²) in [4.78, 5) is 0. The van der Waals surface area contributed by atoms with E-state index in [4.69, 9.17) is 5.73 Å². The van der Waals surface area contributed by atoms with Crippen LogP contribution in [-0.2, 0) is 0 Å². The van der Waals surface area contributed by atoms with E-state index >= 15 is 0 Å². The van der Waals surface area contributed by atoms with E-state index in [-0.39, 0.29) is 6.54 Å². The molecule has 1 aliphatic rings. The number of hydrogen-bond acceptors (Lipinski definition) is 1. The predicted molar refractivity (Wildman–Crippen MR) is 40.9 cm³/mol. The van der Waals surface area contributed by atoms with Crippen molar-refractivity contribution in [3.63, 3.8) is 0 Å². The maximum Gasteiger partial charge on any atom is 0.249 e. The van der Waals surface area contributed by atoms with E-state index in [0.29, 0.717) is 0 Å². The van der Waals surface area contributed by atoms with E-state index in [1.54, 1.807) is 0 Å². The Morgan fingerprint density at radius 2 is 1.75 bits per heavy atom. The van der Waals surface area contributed by atoms with E-state index in [9.17, 15) is 13.2 Å². The van der Waals surface area contributed by atoms with Crippen LogP contribution in [0.25, 0.3) is 0 Å². The summed E-state index contributed by atoms with van der Waals surface area (Å²) in [7, 11) is 0. The van der Waals surface area contributed by atoms with Crippen LogP contribution in [0.1, 0.15) is 26.7 Å². The summed E-state index contributed by atoms with van der Waals surface area (Å²) < 4.78 is 38.5. The highest BCUT2D eigenvalue weighted by Gasteiger charge is 2.62. The molecule has 0 spiro atoms. The normalized spacial score (nSPS) is 26.5. The Bertz CT molecular complexity index is 175. The largest absolute Gasteiger partial charge is 0.330 e. The van der Waals surface area contributed by atoms with Crippen molar-refractivity contribution in [3.05, 3.63) is 0 Å². The lowest BCUT2D eigenvalue weighted by Gasteiger charge is -2.52. The van der Waals surface area contributed by atoms with Crippen LogP contribution in [-0.4, -0.2) is 18.1 Å². The van der Waals surface area contributed by atoms with Crippen LogP contribution in [0.4, 0.5) is 13.2 Å². The summed E-state index contributed by atoms with van der Waals surface area (Å²) in [6.45, 7) is 2.62. The maximum absolute atomic E-state index is 13.4. The van der Waals surface area contributed by atoms with Gasteiger partial charge in [-0.05, 0) is 13.8 Å². The number of nitrogens with two attached hydrogens (primary N) is 1. The molecule has 1 saturated carbocycles. The van der Waals surface area contributed by atoms with Gasteiger partial charge in [0.05, 0.1) is 0 Å². The van der Waals surface area contributed by atoms with Crippen LogP contribution >= 0.6 is 0 Å². The summed E-state index contributed by atoms with van der Waals surface area (Å²) in [5, 5.41) is 0. The van der Waals surface area contributed by atoms with Gasteiger partial charge in [-0.15, -0.1) is 0 Å². The molecule has 2 N–H and O–H groups in total. The maximum atomic E-state index is 13.4. The third-order valence-electron chi connectivity index (χ3n) is 2.85. The van der Waals surface area contributed by atoms with Crippen LogP contribution in [0, 0.1) is 5.41 Å². The molecule has 0 heterocycles. The summed E-state index contributed by atoms with van der Waals surface area (Å²) in [6, 6.07) is 0.